The van der Waals surface area contributed by atoms with E-state index in [4.69, 9.17) is 0 Å². The Balaban J connectivity index is 1.26. The van der Waals surface area contributed by atoms with Crippen LogP contribution in [0.5, 0.6) is 0 Å². The second-order valence-corrected chi connectivity index (χ2v) is 14.5. The molecule has 0 aliphatic carbocycles. The number of aryl methyl sites for hydroxylation is 2. The molecular weight excluding hydrogens is 776 g/mol. The van der Waals surface area contributed by atoms with Crippen LogP contribution in [0.1, 0.15) is 47.0 Å². The molecule has 2 aliphatic rings. The minimum absolute atomic E-state index is 0.138. The molecule has 2 unspecified atom stereocenters. The van der Waals surface area contributed by atoms with Crippen molar-refractivity contribution in [1.29, 1.82) is 0 Å². The van der Waals surface area contributed by atoms with Gasteiger partial charge >= 0.3 is 12.4 Å². The molecule has 6 heterocycles. The van der Waals surface area contributed by atoms with E-state index in [0.29, 0.717) is 59.8 Å². The molecule has 19 heteroatoms. The van der Waals surface area contributed by atoms with Gasteiger partial charge in [0.15, 0.2) is 17.2 Å². The number of hydrogen-bond donors (Lipinski definition) is 0. The van der Waals surface area contributed by atoms with Gasteiger partial charge in [-0.3, -0.25) is 14.2 Å². The Morgan fingerprint density at radius 1 is 0.638 bits per heavy atom. The molecule has 0 N–H and O–H groups in total. The summed E-state index contributed by atoms with van der Waals surface area (Å²) < 4.78 is 117. The second kappa shape index (κ2) is 14.7. The quantitative estimate of drug-likeness (QED) is 0.134. The van der Waals surface area contributed by atoms with E-state index < -0.39 is 53.2 Å². The van der Waals surface area contributed by atoms with E-state index in [9.17, 15) is 35.1 Å². The van der Waals surface area contributed by atoms with E-state index in [2.05, 4.69) is 20.4 Å². The highest BCUT2D eigenvalue weighted by molar-refractivity contribution is 5.94. The molecule has 58 heavy (non-hydrogen) atoms. The van der Waals surface area contributed by atoms with Gasteiger partial charge in [-0.2, -0.15) is 46.7 Å². The van der Waals surface area contributed by atoms with Crippen LogP contribution in [0.15, 0.2) is 73.1 Å². The third-order valence-corrected chi connectivity index (χ3v) is 10.7. The number of ketones is 1. The predicted octanol–water partition coefficient (Wildman–Crippen LogP) is 7.30. The number of carbonyl (C=O) groups excluding carboxylic acids is 1. The van der Waals surface area contributed by atoms with Crippen molar-refractivity contribution >= 4 is 17.2 Å². The summed E-state index contributed by atoms with van der Waals surface area (Å²) in [6.45, 7) is 2.76. The maximum absolute atomic E-state index is 15.6. The molecule has 0 fully saturated rings. The Bertz CT molecular complexity index is 2270. The van der Waals surface area contributed by atoms with Gasteiger partial charge in [0, 0.05) is 24.5 Å². The van der Waals surface area contributed by atoms with E-state index in [1.165, 1.54) is 38.1 Å². The summed E-state index contributed by atoms with van der Waals surface area (Å²) in [4.78, 5) is 19.1. The van der Waals surface area contributed by atoms with Crippen molar-refractivity contribution in [3.05, 3.63) is 119 Å². The number of nitrogens with zero attached hydrogens (tertiary/aromatic N) is 10. The summed E-state index contributed by atoms with van der Waals surface area (Å²) in [6.07, 6.45) is -4.41. The smallest absolute Gasteiger partial charge is 0.357 e. The minimum atomic E-state index is -4.77. The number of alkyl halides is 6. The van der Waals surface area contributed by atoms with Crippen LogP contribution in [-0.4, -0.2) is 70.1 Å². The molecular formula is C39H36F8N10O. The molecule has 8 rings (SSSR count). The summed E-state index contributed by atoms with van der Waals surface area (Å²) >= 11 is 0. The van der Waals surface area contributed by atoms with Crippen LogP contribution in [0, 0.1) is 25.5 Å². The van der Waals surface area contributed by atoms with Crippen molar-refractivity contribution in [2.75, 3.05) is 22.9 Å². The monoisotopic (exact) mass is 812 g/mol. The van der Waals surface area contributed by atoms with Crippen molar-refractivity contribution in [3.8, 4) is 11.4 Å². The zero-order valence-corrected chi connectivity index (χ0v) is 31.1. The fourth-order valence-electron chi connectivity index (χ4n) is 7.91. The number of benzene rings is 2. The third kappa shape index (κ3) is 7.32. The molecule has 304 valence electrons. The van der Waals surface area contributed by atoms with E-state index >= 15 is 4.79 Å². The Morgan fingerprint density at radius 2 is 1.02 bits per heavy atom. The molecule has 0 saturated carbocycles. The Labute approximate surface area is 326 Å². The van der Waals surface area contributed by atoms with Crippen LogP contribution in [0.4, 0.5) is 46.5 Å². The number of halogens is 8. The van der Waals surface area contributed by atoms with E-state index in [1.807, 2.05) is 0 Å². The van der Waals surface area contributed by atoms with Gasteiger partial charge in [-0.05, 0) is 100 Å². The number of carbonyl (C=O) groups is 1. The minimum Gasteiger partial charge on any atom is -0.357 e. The van der Waals surface area contributed by atoms with E-state index in [-0.39, 0.29) is 37.6 Å². The average molecular weight is 813 g/mol. The van der Waals surface area contributed by atoms with Crippen LogP contribution >= 0.6 is 0 Å². The molecule has 0 spiro atoms. The van der Waals surface area contributed by atoms with Crippen molar-refractivity contribution < 1.29 is 39.9 Å². The normalized spacial score (nSPS) is 15.7. The Kier molecular flexibility index (Phi) is 9.87. The lowest BCUT2D eigenvalue weighted by Gasteiger charge is -2.41. The van der Waals surface area contributed by atoms with E-state index in [1.54, 1.807) is 55.8 Å². The highest BCUT2D eigenvalue weighted by Gasteiger charge is 2.42. The molecule has 6 aromatic rings. The van der Waals surface area contributed by atoms with Crippen molar-refractivity contribution in [1.82, 2.24) is 39.1 Å². The largest absolute Gasteiger partial charge is 0.435 e. The van der Waals surface area contributed by atoms with Crippen LogP contribution in [0.3, 0.4) is 0 Å². The highest BCUT2D eigenvalue weighted by Crippen LogP contribution is 2.36. The summed E-state index contributed by atoms with van der Waals surface area (Å²) in [5.41, 5.74) is 1.50. The number of anilines is 2. The molecule has 0 bridgehead atoms. The second-order valence-electron chi connectivity index (χ2n) is 14.5. The molecule has 0 amide bonds. The number of hydrogen-bond acceptors (Lipinski definition) is 7. The highest BCUT2D eigenvalue weighted by atomic mass is 19.4. The molecule has 11 nitrogen and oxygen atoms in total. The number of aromatic nitrogens is 8. The van der Waals surface area contributed by atoms with Crippen LogP contribution in [-0.2, 0) is 43.1 Å². The predicted molar refractivity (Wildman–Crippen MR) is 195 cm³/mol. The Morgan fingerprint density at radius 3 is 1.36 bits per heavy atom. The number of fused-ring (bicyclic) bond motifs is 2. The first-order valence-electron chi connectivity index (χ1n) is 18.5. The third-order valence-electron chi connectivity index (χ3n) is 10.7. The first kappa shape index (κ1) is 38.8. The summed E-state index contributed by atoms with van der Waals surface area (Å²) in [5, 5.41) is 16.8. The lowest BCUT2D eigenvalue weighted by molar-refractivity contribution is -0.142. The fourth-order valence-corrected chi connectivity index (χ4v) is 7.91. The first-order valence-corrected chi connectivity index (χ1v) is 18.5. The zero-order valence-electron chi connectivity index (χ0n) is 31.1. The summed E-state index contributed by atoms with van der Waals surface area (Å²) in [6, 6.07) is 10.7. The van der Waals surface area contributed by atoms with Gasteiger partial charge in [-0.15, -0.1) is 0 Å². The maximum Gasteiger partial charge on any atom is 0.435 e. The lowest BCUT2D eigenvalue weighted by Crippen LogP contribution is -2.56. The van der Waals surface area contributed by atoms with Crippen LogP contribution in [0.25, 0.3) is 11.4 Å². The summed E-state index contributed by atoms with van der Waals surface area (Å²) in [7, 11) is 0. The topological polar surface area (TPSA) is 94.8 Å². The number of Topliss-reactive ketones (excluding diaryl/α,β-unsaturated/α-hetero) is 1. The van der Waals surface area contributed by atoms with E-state index in [0.717, 1.165) is 21.5 Å². The van der Waals surface area contributed by atoms with Crippen molar-refractivity contribution in [3.63, 3.8) is 0 Å². The van der Waals surface area contributed by atoms with Gasteiger partial charge in [-0.25, -0.2) is 18.1 Å². The molecule has 4 aromatic heterocycles. The van der Waals surface area contributed by atoms with Gasteiger partial charge in [0.05, 0.1) is 59.6 Å². The Hall–Kier alpha value is -6.01. The molecule has 0 radical (unpaired) electrons. The lowest BCUT2D eigenvalue weighted by atomic mass is 9.96. The van der Waals surface area contributed by atoms with Crippen LogP contribution < -0.4 is 9.80 Å². The molecule has 2 aliphatic heterocycles. The fraction of sp³-hybridized carbons (Fsp3) is 0.359. The first-order chi connectivity index (χ1) is 27.6. The van der Waals surface area contributed by atoms with Gasteiger partial charge in [0.25, 0.3) is 0 Å². The van der Waals surface area contributed by atoms with Crippen molar-refractivity contribution in [2.45, 2.75) is 77.1 Å². The standard InChI is InChI=1S/C39H36F8N10O/c1-23-17-35(38(42,43)44)50-54(23)21-33(52-15-3-5-29-31(52)19-48-56(29)27-11-7-25(40)8-12-27)37(58)34(22-55-24(2)18-36(51-55)39(45,46)47)53-16-4-6-30-32(53)20-49-57(30)28-13-9-26(41)10-14-28/h7-14,17-20,33-34H,3-6,15-16,21-22H2,1-2H3. The van der Waals surface area contributed by atoms with Gasteiger partial charge < -0.3 is 9.80 Å². The SMILES string of the molecule is Cc1cc(C(F)(F)F)nn1CC(C(=O)C(Cn1nc(C(F)(F)F)cc1C)N1CCCc2c1cnn2-c1ccc(F)cc1)N1CCCc2c1cnn2-c1ccc(F)cc1. The number of rotatable bonds is 10. The molecule has 0 saturated heterocycles. The summed E-state index contributed by atoms with van der Waals surface area (Å²) in [5.74, 6) is -1.42. The zero-order chi connectivity index (χ0) is 41.1. The van der Waals surface area contributed by atoms with Gasteiger partial charge in [0.1, 0.15) is 23.7 Å². The molecule has 2 atom stereocenters. The van der Waals surface area contributed by atoms with Crippen LogP contribution in [0.2, 0.25) is 0 Å². The maximum atomic E-state index is 15.6. The van der Waals surface area contributed by atoms with Gasteiger partial charge in [-0.1, -0.05) is 0 Å². The average Bonchev–Trinajstić information content (AvgIpc) is 3.98. The van der Waals surface area contributed by atoms with Gasteiger partial charge in [0.2, 0.25) is 0 Å². The van der Waals surface area contributed by atoms with Crippen molar-refractivity contribution in [2.24, 2.45) is 0 Å². The molecule has 2 aromatic carbocycles.